The highest BCUT2D eigenvalue weighted by atomic mass is 16.5. The summed E-state index contributed by atoms with van der Waals surface area (Å²) in [5.41, 5.74) is 0.345. The summed E-state index contributed by atoms with van der Waals surface area (Å²) in [7, 11) is 0. The molecule has 0 saturated carbocycles. The van der Waals surface area contributed by atoms with Gasteiger partial charge in [-0.3, -0.25) is 24.0 Å². The quantitative estimate of drug-likeness (QED) is 0.101. The second-order valence-corrected chi connectivity index (χ2v) is 15.4. The van der Waals surface area contributed by atoms with Gasteiger partial charge >= 0.3 is 0 Å². The lowest BCUT2D eigenvalue weighted by molar-refractivity contribution is -0.123. The number of rotatable bonds is 25. The van der Waals surface area contributed by atoms with Gasteiger partial charge in [0, 0.05) is 64.0 Å². The highest BCUT2D eigenvalue weighted by Gasteiger charge is 2.14. The average molecular weight is 655 g/mol. The molecule has 0 heterocycles. The molecule has 46 heavy (non-hydrogen) atoms. The van der Waals surface area contributed by atoms with Gasteiger partial charge in [0.25, 0.3) is 0 Å². The zero-order valence-electron chi connectivity index (χ0n) is 31.2. The molecular weight excluding hydrogens is 584 g/mol. The molecule has 270 valence electrons. The van der Waals surface area contributed by atoms with Gasteiger partial charge in [0.1, 0.15) is 17.3 Å². The number of carbonyl (C=O) groups is 5. The smallest absolute Gasteiger partial charge is 0.220 e. The third kappa shape index (κ3) is 36.3. The van der Waals surface area contributed by atoms with Crippen LogP contribution in [-0.2, 0) is 33.4 Å². The van der Waals surface area contributed by atoms with Gasteiger partial charge in [-0.15, -0.1) is 0 Å². The molecule has 0 aliphatic rings. The highest BCUT2D eigenvalue weighted by Crippen LogP contribution is 2.20. The minimum absolute atomic E-state index is 0.0411. The Bertz CT molecular complexity index is 855. The number of carbonyl (C=O) groups excluding carboxylic acids is 5. The fourth-order valence-electron chi connectivity index (χ4n) is 3.96. The molecule has 9 nitrogen and oxygen atoms in total. The topological polar surface area (TPSA) is 128 Å². The monoisotopic (exact) mass is 655 g/mol. The first-order chi connectivity index (χ1) is 21.3. The van der Waals surface area contributed by atoms with E-state index in [1.54, 1.807) is 0 Å². The van der Waals surface area contributed by atoms with Crippen molar-refractivity contribution in [3.05, 3.63) is 0 Å². The lowest BCUT2D eigenvalue weighted by atomic mass is 9.90. The molecule has 0 bridgehead atoms. The maximum absolute atomic E-state index is 11.7. The van der Waals surface area contributed by atoms with Crippen molar-refractivity contribution in [3.8, 4) is 0 Å². The summed E-state index contributed by atoms with van der Waals surface area (Å²) in [4.78, 5) is 57.9. The molecule has 2 N–H and O–H groups in total. The van der Waals surface area contributed by atoms with Crippen molar-refractivity contribution in [2.75, 3.05) is 39.5 Å². The van der Waals surface area contributed by atoms with Crippen LogP contribution in [0, 0.1) is 22.7 Å². The summed E-state index contributed by atoms with van der Waals surface area (Å²) in [6.07, 6.45) is 7.94. The van der Waals surface area contributed by atoms with Crippen LogP contribution >= 0.6 is 0 Å². The van der Waals surface area contributed by atoms with E-state index in [-0.39, 0.29) is 45.9 Å². The molecule has 0 unspecified atom stereocenters. The molecule has 0 spiro atoms. The number of ether oxygens (including phenoxy) is 2. The van der Waals surface area contributed by atoms with E-state index < -0.39 is 0 Å². The van der Waals surface area contributed by atoms with Crippen molar-refractivity contribution in [1.82, 2.24) is 10.6 Å². The lowest BCUT2D eigenvalue weighted by Gasteiger charge is -2.17. The summed E-state index contributed by atoms with van der Waals surface area (Å²) in [5, 5.41) is 5.66. The Labute approximate surface area is 281 Å². The summed E-state index contributed by atoms with van der Waals surface area (Å²) < 4.78 is 10.8. The molecule has 0 aromatic heterocycles. The van der Waals surface area contributed by atoms with E-state index in [0.29, 0.717) is 96.8 Å². The van der Waals surface area contributed by atoms with E-state index >= 15 is 0 Å². The molecule has 9 heteroatoms. The predicted octanol–water partition coefficient (Wildman–Crippen LogP) is 7.03. The van der Waals surface area contributed by atoms with Crippen molar-refractivity contribution in [1.29, 1.82) is 0 Å². The summed E-state index contributed by atoms with van der Waals surface area (Å²) in [6, 6.07) is 0. The van der Waals surface area contributed by atoms with E-state index in [9.17, 15) is 24.0 Å². The van der Waals surface area contributed by atoms with Crippen LogP contribution in [0.15, 0.2) is 0 Å². The third-order valence-electron chi connectivity index (χ3n) is 7.15. The van der Waals surface area contributed by atoms with Gasteiger partial charge in [-0.05, 0) is 42.4 Å². The largest absolute Gasteiger partial charge is 0.379 e. The van der Waals surface area contributed by atoms with Gasteiger partial charge in [-0.1, -0.05) is 75.7 Å². The van der Waals surface area contributed by atoms with Crippen LogP contribution in [0.1, 0.15) is 146 Å². The highest BCUT2D eigenvalue weighted by molar-refractivity contribution is 5.82. The number of amides is 2. The predicted molar refractivity (Wildman–Crippen MR) is 187 cm³/mol. The minimum atomic E-state index is 0.0411. The molecule has 0 saturated heterocycles. The summed E-state index contributed by atoms with van der Waals surface area (Å²) >= 11 is 0. The Morgan fingerprint density at radius 2 is 0.957 bits per heavy atom. The van der Waals surface area contributed by atoms with Crippen molar-refractivity contribution in [2.24, 2.45) is 22.7 Å². The van der Waals surface area contributed by atoms with Gasteiger partial charge in [-0.2, -0.15) is 0 Å². The van der Waals surface area contributed by atoms with Crippen molar-refractivity contribution in [3.63, 3.8) is 0 Å². The Kier molecular flexibility index (Phi) is 26.9. The maximum atomic E-state index is 11.7. The van der Waals surface area contributed by atoms with Crippen LogP contribution < -0.4 is 10.6 Å². The van der Waals surface area contributed by atoms with Gasteiger partial charge < -0.3 is 20.1 Å². The Balaban J connectivity index is 0. The van der Waals surface area contributed by atoms with E-state index in [2.05, 4.69) is 66.0 Å². The second kappa shape index (κ2) is 26.9. The Morgan fingerprint density at radius 1 is 0.543 bits per heavy atom. The Morgan fingerprint density at radius 3 is 1.33 bits per heavy atom. The molecule has 0 aromatic carbocycles. The molecule has 0 fully saturated rings. The third-order valence-corrected chi connectivity index (χ3v) is 7.15. The number of Topliss-reactive ketones (excluding diaryl/α,β-unsaturated/α-hetero) is 3. The molecule has 0 aromatic rings. The average Bonchev–Trinajstić information content (AvgIpc) is 2.93. The number of hydrogen-bond donors (Lipinski definition) is 2. The first-order valence-electron chi connectivity index (χ1n) is 17.6. The van der Waals surface area contributed by atoms with Gasteiger partial charge in [-0.25, -0.2) is 0 Å². The van der Waals surface area contributed by atoms with E-state index in [4.69, 9.17) is 9.47 Å². The van der Waals surface area contributed by atoms with Crippen molar-refractivity contribution < 1.29 is 33.4 Å². The van der Waals surface area contributed by atoms with E-state index in [0.717, 1.165) is 25.7 Å². The molecule has 0 aliphatic heterocycles. The molecule has 0 radical (unpaired) electrons. The van der Waals surface area contributed by atoms with Crippen LogP contribution in [0.25, 0.3) is 0 Å². The summed E-state index contributed by atoms with van der Waals surface area (Å²) in [6.45, 7) is 23.5. The van der Waals surface area contributed by atoms with Crippen LogP contribution in [0.2, 0.25) is 0 Å². The maximum Gasteiger partial charge on any atom is 0.220 e. The molecule has 0 atom stereocenters. The first-order valence-corrected chi connectivity index (χ1v) is 17.6. The fraction of sp³-hybridized carbons (Fsp3) is 0.865. The van der Waals surface area contributed by atoms with E-state index in [1.807, 2.05) is 13.8 Å². The van der Waals surface area contributed by atoms with Gasteiger partial charge in [0.2, 0.25) is 11.8 Å². The fourth-order valence-corrected chi connectivity index (χ4v) is 3.96. The zero-order valence-corrected chi connectivity index (χ0v) is 31.2. The lowest BCUT2D eigenvalue weighted by Crippen LogP contribution is -2.28. The van der Waals surface area contributed by atoms with E-state index in [1.165, 1.54) is 0 Å². The van der Waals surface area contributed by atoms with Crippen LogP contribution in [0.5, 0.6) is 0 Å². The SMILES string of the molecule is CC(C)C(=O)CCCC(=O)CCOCCNC(=O)CCC(C)(C)C.CC(C)CCCC(=O)CCOCCNC(=O)CCC(C)(C)C. The van der Waals surface area contributed by atoms with Crippen molar-refractivity contribution in [2.45, 2.75) is 146 Å². The van der Waals surface area contributed by atoms with Gasteiger partial charge in [0.15, 0.2) is 0 Å². The number of nitrogens with one attached hydrogen (secondary N) is 2. The standard InChI is InChI=1S/C19H35NO4.C18H35NO3/c1-15(2)17(22)8-6-7-16(21)10-13-24-14-12-20-18(23)9-11-19(3,4)5;1-15(2)7-6-8-16(20)10-13-22-14-12-19-17(21)9-11-18(3,4)5/h15H,6-14H2,1-5H3,(H,20,23);15H,6-14H2,1-5H3,(H,19,21). The van der Waals surface area contributed by atoms with Gasteiger partial charge in [0.05, 0.1) is 26.4 Å². The molecule has 0 aliphatic carbocycles. The molecule has 2 amide bonds. The number of ketones is 3. The molecular formula is C37H70N2O7. The number of hydrogen-bond acceptors (Lipinski definition) is 7. The molecule has 0 rings (SSSR count). The zero-order chi connectivity index (χ0) is 35.6. The van der Waals surface area contributed by atoms with Crippen LogP contribution in [0.3, 0.4) is 0 Å². The van der Waals surface area contributed by atoms with Crippen LogP contribution in [0.4, 0.5) is 0 Å². The van der Waals surface area contributed by atoms with Crippen molar-refractivity contribution >= 4 is 29.2 Å². The minimum Gasteiger partial charge on any atom is -0.379 e. The second-order valence-electron chi connectivity index (χ2n) is 15.4. The van der Waals surface area contributed by atoms with Crippen LogP contribution in [-0.4, -0.2) is 68.7 Å². The first kappa shape index (κ1) is 46.0. The Hall–Kier alpha value is -2.13. The summed E-state index contributed by atoms with van der Waals surface area (Å²) in [5.74, 6) is 1.42. The normalized spacial score (nSPS) is 11.7.